The molecule has 1 saturated heterocycles. The van der Waals surface area contributed by atoms with Crippen molar-refractivity contribution in [3.63, 3.8) is 0 Å². The lowest BCUT2D eigenvalue weighted by molar-refractivity contribution is 0.213. The highest BCUT2D eigenvalue weighted by Gasteiger charge is 2.29. The van der Waals surface area contributed by atoms with Gasteiger partial charge in [0, 0.05) is 36.5 Å². The average Bonchev–Trinajstić information content (AvgIpc) is 2.42. The van der Waals surface area contributed by atoms with E-state index in [2.05, 4.69) is 34.2 Å². The lowest BCUT2D eigenvalue weighted by atomic mass is 10.0. The van der Waals surface area contributed by atoms with Crippen LogP contribution in [0.15, 0.2) is 18.6 Å². The van der Waals surface area contributed by atoms with Crippen LogP contribution >= 0.6 is 11.8 Å². The van der Waals surface area contributed by atoms with Crippen LogP contribution in [0.2, 0.25) is 0 Å². The molecule has 0 saturated carbocycles. The quantitative estimate of drug-likeness (QED) is 0.876. The summed E-state index contributed by atoms with van der Waals surface area (Å²) >= 11 is 2.03. The Morgan fingerprint density at radius 2 is 2.44 bits per heavy atom. The van der Waals surface area contributed by atoms with Gasteiger partial charge in [-0.2, -0.15) is 11.8 Å². The predicted octanol–water partition coefficient (Wildman–Crippen LogP) is 1.56. The van der Waals surface area contributed by atoms with Crippen molar-refractivity contribution in [2.24, 2.45) is 0 Å². The van der Waals surface area contributed by atoms with Crippen molar-refractivity contribution in [2.45, 2.75) is 25.4 Å². The summed E-state index contributed by atoms with van der Waals surface area (Å²) in [4.78, 5) is 11.1. The lowest BCUT2D eigenvalue weighted by Crippen LogP contribution is -2.48. The second kappa shape index (κ2) is 7.07. The molecule has 1 aliphatic heterocycles. The van der Waals surface area contributed by atoms with Crippen LogP contribution in [0.3, 0.4) is 0 Å². The smallest absolute Gasteiger partial charge is 0.0772 e. The summed E-state index contributed by atoms with van der Waals surface area (Å²) in [6.45, 7) is 4.37. The van der Waals surface area contributed by atoms with Gasteiger partial charge in [0.1, 0.15) is 0 Å². The van der Waals surface area contributed by atoms with Crippen molar-refractivity contribution in [1.29, 1.82) is 0 Å². The zero-order chi connectivity index (χ0) is 12.8. The molecule has 5 heteroatoms. The van der Waals surface area contributed by atoms with E-state index < -0.39 is 0 Å². The summed E-state index contributed by atoms with van der Waals surface area (Å²) in [6, 6.07) is 0.795. The van der Waals surface area contributed by atoms with Crippen molar-refractivity contribution in [3.05, 3.63) is 24.3 Å². The number of nitrogens with zero attached hydrogens (tertiary/aromatic N) is 3. The molecule has 1 fully saturated rings. The number of rotatable bonds is 5. The zero-order valence-corrected chi connectivity index (χ0v) is 12.0. The molecule has 100 valence electrons. The third-order valence-electron chi connectivity index (χ3n) is 3.34. The minimum absolute atomic E-state index is 0.288. The standard InChI is InChI=1S/C13H22N4S/c1-3-4-16-13(11-9-14-5-6-15-11)12-10-18-8-7-17(12)2/h5-6,9,12-13,16H,3-4,7-8,10H2,1-2H3. The SMILES string of the molecule is CCCNC(c1cnccn1)C1CSCCN1C. The first-order valence-electron chi connectivity index (χ1n) is 6.60. The summed E-state index contributed by atoms with van der Waals surface area (Å²) in [5.41, 5.74) is 1.06. The number of thioether (sulfide) groups is 1. The third kappa shape index (κ3) is 3.43. The fraction of sp³-hybridized carbons (Fsp3) is 0.692. The zero-order valence-electron chi connectivity index (χ0n) is 11.2. The molecule has 1 aromatic heterocycles. The Kier molecular flexibility index (Phi) is 5.41. The van der Waals surface area contributed by atoms with Crippen molar-refractivity contribution in [1.82, 2.24) is 20.2 Å². The number of likely N-dealkylation sites (N-methyl/N-ethyl adjacent to an activating group) is 1. The Labute approximate surface area is 114 Å². The van der Waals surface area contributed by atoms with Crippen LogP contribution in [-0.4, -0.2) is 52.6 Å². The molecule has 1 aliphatic rings. The normalized spacial score (nSPS) is 22.9. The largest absolute Gasteiger partial charge is 0.307 e. The summed E-state index contributed by atoms with van der Waals surface area (Å²) in [7, 11) is 2.21. The molecule has 0 aromatic carbocycles. The van der Waals surface area contributed by atoms with Crippen LogP contribution in [0.25, 0.3) is 0 Å². The van der Waals surface area contributed by atoms with Crippen molar-refractivity contribution < 1.29 is 0 Å². The maximum absolute atomic E-state index is 4.48. The van der Waals surface area contributed by atoms with Gasteiger partial charge in [-0.15, -0.1) is 0 Å². The van der Waals surface area contributed by atoms with Gasteiger partial charge in [0.15, 0.2) is 0 Å². The summed E-state index contributed by atoms with van der Waals surface area (Å²) in [6.07, 6.45) is 6.55. The maximum Gasteiger partial charge on any atom is 0.0772 e. The van der Waals surface area contributed by atoms with Gasteiger partial charge in [-0.25, -0.2) is 0 Å². The van der Waals surface area contributed by atoms with E-state index in [1.54, 1.807) is 12.4 Å². The van der Waals surface area contributed by atoms with Crippen LogP contribution in [0.1, 0.15) is 25.1 Å². The van der Waals surface area contributed by atoms with E-state index in [1.807, 2.05) is 18.0 Å². The van der Waals surface area contributed by atoms with Crippen LogP contribution in [0.5, 0.6) is 0 Å². The number of aromatic nitrogens is 2. The monoisotopic (exact) mass is 266 g/mol. The Bertz CT molecular complexity index is 346. The molecular weight excluding hydrogens is 244 g/mol. The summed E-state index contributed by atoms with van der Waals surface area (Å²) < 4.78 is 0. The van der Waals surface area contributed by atoms with Gasteiger partial charge < -0.3 is 5.32 Å². The fourth-order valence-corrected chi connectivity index (χ4v) is 3.54. The average molecular weight is 266 g/mol. The highest BCUT2D eigenvalue weighted by atomic mass is 32.2. The molecule has 2 atom stereocenters. The van der Waals surface area contributed by atoms with Crippen LogP contribution in [0, 0.1) is 0 Å². The predicted molar refractivity (Wildman–Crippen MR) is 76.8 cm³/mol. The molecule has 2 unspecified atom stereocenters. The first-order valence-corrected chi connectivity index (χ1v) is 7.75. The van der Waals surface area contributed by atoms with E-state index in [-0.39, 0.29) is 6.04 Å². The van der Waals surface area contributed by atoms with Gasteiger partial charge in [-0.1, -0.05) is 6.92 Å². The topological polar surface area (TPSA) is 41.1 Å². The van der Waals surface area contributed by atoms with E-state index in [0.29, 0.717) is 6.04 Å². The first kappa shape index (κ1) is 13.8. The van der Waals surface area contributed by atoms with Crippen LogP contribution in [-0.2, 0) is 0 Å². The Morgan fingerprint density at radius 1 is 1.56 bits per heavy atom. The van der Waals surface area contributed by atoms with Crippen molar-refractivity contribution >= 4 is 11.8 Å². The van der Waals surface area contributed by atoms with Gasteiger partial charge in [-0.05, 0) is 20.0 Å². The van der Waals surface area contributed by atoms with Gasteiger partial charge in [-0.3, -0.25) is 14.9 Å². The van der Waals surface area contributed by atoms with Crippen LogP contribution in [0.4, 0.5) is 0 Å². The molecule has 0 radical (unpaired) electrons. The number of hydrogen-bond acceptors (Lipinski definition) is 5. The lowest BCUT2D eigenvalue weighted by Gasteiger charge is -2.37. The van der Waals surface area contributed by atoms with Gasteiger partial charge in [0.25, 0.3) is 0 Å². The first-order chi connectivity index (χ1) is 8.83. The molecule has 4 nitrogen and oxygen atoms in total. The van der Waals surface area contributed by atoms with E-state index in [0.717, 1.165) is 31.0 Å². The van der Waals surface area contributed by atoms with E-state index in [4.69, 9.17) is 0 Å². The van der Waals surface area contributed by atoms with E-state index >= 15 is 0 Å². The maximum atomic E-state index is 4.48. The second-order valence-corrected chi connectivity index (χ2v) is 5.83. The molecule has 1 N–H and O–H groups in total. The summed E-state index contributed by atoms with van der Waals surface area (Å²) in [5.74, 6) is 2.39. The minimum Gasteiger partial charge on any atom is -0.307 e. The molecule has 2 heterocycles. The molecule has 2 rings (SSSR count). The van der Waals surface area contributed by atoms with Crippen molar-refractivity contribution in [3.8, 4) is 0 Å². The van der Waals surface area contributed by atoms with Crippen molar-refractivity contribution in [2.75, 3.05) is 31.6 Å². The van der Waals surface area contributed by atoms with Gasteiger partial charge >= 0.3 is 0 Å². The van der Waals surface area contributed by atoms with Crippen LogP contribution < -0.4 is 5.32 Å². The Balaban J connectivity index is 2.13. The molecule has 0 aliphatic carbocycles. The van der Waals surface area contributed by atoms with Gasteiger partial charge in [0.2, 0.25) is 0 Å². The molecule has 0 spiro atoms. The highest BCUT2D eigenvalue weighted by Crippen LogP contribution is 2.25. The van der Waals surface area contributed by atoms with Gasteiger partial charge in [0.05, 0.1) is 17.9 Å². The van der Waals surface area contributed by atoms with E-state index in [1.165, 1.54) is 5.75 Å². The molecule has 0 amide bonds. The molecule has 0 bridgehead atoms. The molecular formula is C13H22N4S. The fourth-order valence-electron chi connectivity index (χ4n) is 2.27. The number of nitrogens with one attached hydrogen (secondary N) is 1. The molecule has 1 aromatic rings. The number of hydrogen-bond donors (Lipinski definition) is 1. The summed E-state index contributed by atoms with van der Waals surface area (Å²) in [5, 5.41) is 3.63. The third-order valence-corrected chi connectivity index (χ3v) is 4.39. The Hall–Kier alpha value is -0.650. The highest BCUT2D eigenvalue weighted by molar-refractivity contribution is 7.99. The molecule has 18 heavy (non-hydrogen) atoms. The minimum atomic E-state index is 0.288. The Morgan fingerprint density at radius 3 is 3.11 bits per heavy atom. The van der Waals surface area contributed by atoms with E-state index in [9.17, 15) is 0 Å². The second-order valence-electron chi connectivity index (χ2n) is 4.68.